The molecule has 4 heteroatoms. The Hall–Kier alpha value is -1.86. The fourth-order valence-corrected chi connectivity index (χ4v) is 2.16. The van der Waals surface area contributed by atoms with Crippen molar-refractivity contribution in [1.29, 1.82) is 5.26 Å². The molecule has 0 aromatic heterocycles. The summed E-state index contributed by atoms with van der Waals surface area (Å²) in [6.45, 7) is 3.29. The number of nitrogens with zero attached hydrogens (tertiary/aromatic N) is 1. The van der Waals surface area contributed by atoms with E-state index in [0.29, 0.717) is 31.0 Å². The Kier molecular flexibility index (Phi) is 7.38. The molecular formula is C16H23N3O. The zero-order valence-corrected chi connectivity index (χ0v) is 12.1. The highest BCUT2D eigenvalue weighted by Gasteiger charge is 2.08. The van der Waals surface area contributed by atoms with Crippen LogP contribution in [0.1, 0.15) is 43.7 Å². The zero-order valence-electron chi connectivity index (χ0n) is 12.1. The van der Waals surface area contributed by atoms with Gasteiger partial charge in [0, 0.05) is 13.0 Å². The summed E-state index contributed by atoms with van der Waals surface area (Å²) in [7, 11) is 0. The van der Waals surface area contributed by atoms with Gasteiger partial charge in [-0.05, 0) is 43.0 Å². The smallest absolute Gasteiger partial charge is 0.220 e. The maximum Gasteiger partial charge on any atom is 0.220 e. The van der Waals surface area contributed by atoms with E-state index < -0.39 is 0 Å². The first-order chi connectivity index (χ1) is 9.69. The fourth-order valence-electron chi connectivity index (χ4n) is 2.16. The Labute approximate surface area is 121 Å². The van der Waals surface area contributed by atoms with Gasteiger partial charge in [-0.15, -0.1) is 0 Å². The van der Waals surface area contributed by atoms with E-state index in [1.165, 1.54) is 0 Å². The molecule has 0 fully saturated rings. The second-order valence-corrected chi connectivity index (χ2v) is 4.98. The molecule has 1 aromatic rings. The number of amides is 1. The molecule has 4 nitrogen and oxygen atoms in total. The Morgan fingerprint density at radius 2 is 2.25 bits per heavy atom. The van der Waals surface area contributed by atoms with Crippen LogP contribution < -0.4 is 11.1 Å². The van der Waals surface area contributed by atoms with Crippen molar-refractivity contribution in [3.8, 4) is 6.07 Å². The normalized spacial score (nSPS) is 11.7. The van der Waals surface area contributed by atoms with Crippen molar-refractivity contribution in [1.82, 2.24) is 5.32 Å². The minimum absolute atomic E-state index is 0.0582. The van der Waals surface area contributed by atoms with E-state index in [0.717, 1.165) is 24.8 Å². The molecule has 1 amide bonds. The van der Waals surface area contributed by atoms with Gasteiger partial charge in [-0.2, -0.15) is 5.26 Å². The minimum atomic E-state index is 0.0582. The number of carbonyl (C=O) groups is 1. The SMILES string of the molecule is CCC(CCN)CCC(=O)NCc1cccc(C#N)c1. The lowest BCUT2D eigenvalue weighted by molar-refractivity contribution is -0.121. The summed E-state index contributed by atoms with van der Waals surface area (Å²) < 4.78 is 0. The van der Waals surface area contributed by atoms with Crippen molar-refractivity contribution >= 4 is 5.91 Å². The van der Waals surface area contributed by atoms with Crippen LogP contribution in [-0.4, -0.2) is 12.5 Å². The quantitative estimate of drug-likeness (QED) is 0.763. The van der Waals surface area contributed by atoms with Gasteiger partial charge in [0.25, 0.3) is 0 Å². The van der Waals surface area contributed by atoms with Crippen LogP contribution in [0.3, 0.4) is 0 Å². The predicted octanol–water partition coefficient (Wildman–Crippen LogP) is 2.33. The molecule has 0 aliphatic carbocycles. The maximum atomic E-state index is 11.8. The number of hydrogen-bond donors (Lipinski definition) is 2. The molecule has 1 rings (SSSR count). The first-order valence-electron chi connectivity index (χ1n) is 7.15. The Bertz CT molecular complexity index is 465. The molecule has 0 radical (unpaired) electrons. The van der Waals surface area contributed by atoms with Crippen LogP contribution in [0, 0.1) is 17.2 Å². The summed E-state index contributed by atoms with van der Waals surface area (Å²) in [5.74, 6) is 0.593. The first kappa shape index (κ1) is 16.2. The Balaban J connectivity index is 2.34. The molecule has 0 saturated heterocycles. The van der Waals surface area contributed by atoms with Gasteiger partial charge in [-0.1, -0.05) is 25.5 Å². The van der Waals surface area contributed by atoms with Crippen molar-refractivity contribution in [2.45, 2.75) is 39.2 Å². The molecule has 1 atom stereocenters. The van der Waals surface area contributed by atoms with E-state index in [1.54, 1.807) is 12.1 Å². The van der Waals surface area contributed by atoms with E-state index in [4.69, 9.17) is 11.0 Å². The minimum Gasteiger partial charge on any atom is -0.352 e. The van der Waals surface area contributed by atoms with E-state index >= 15 is 0 Å². The average Bonchev–Trinajstić information content (AvgIpc) is 2.49. The summed E-state index contributed by atoms with van der Waals surface area (Å²) >= 11 is 0. The summed E-state index contributed by atoms with van der Waals surface area (Å²) in [5, 5.41) is 11.7. The van der Waals surface area contributed by atoms with Crippen molar-refractivity contribution in [2.75, 3.05) is 6.54 Å². The number of rotatable bonds is 8. The lowest BCUT2D eigenvalue weighted by atomic mass is 9.96. The topological polar surface area (TPSA) is 78.9 Å². The third-order valence-corrected chi connectivity index (χ3v) is 3.48. The van der Waals surface area contributed by atoms with Gasteiger partial charge in [0.15, 0.2) is 0 Å². The van der Waals surface area contributed by atoms with E-state index in [2.05, 4.69) is 18.3 Å². The lowest BCUT2D eigenvalue weighted by Crippen LogP contribution is -2.23. The highest BCUT2D eigenvalue weighted by molar-refractivity contribution is 5.75. The van der Waals surface area contributed by atoms with Crippen molar-refractivity contribution in [3.63, 3.8) is 0 Å². The molecule has 1 aromatic carbocycles. The molecule has 0 spiro atoms. The highest BCUT2D eigenvalue weighted by atomic mass is 16.1. The number of benzene rings is 1. The standard InChI is InChI=1S/C16H23N3O/c1-2-13(8-9-17)6-7-16(20)19-12-15-5-3-4-14(10-15)11-18/h3-5,10,13H,2,6-9,12,17H2,1H3,(H,19,20). The van der Waals surface area contributed by atoms with E-state index in [1.807, 2.05) is 12.1 Å². The van der Waals surface area contributed by atoms with E-state index in [-0.39, 0.29) is 5.91 Å². The highest BCUT2D eigenvalue weighted by Crippen LogP contribution is 2.14. The first-order valence-corrected chi connectivity index (χ1v) is 7.15. The molecule has 108 valence electrons. The van der Waals surface area contributed by atoms with Crippen LogP contribution >= 0.6 is 0 Å². The van der Waals surface area contributed by atoms with Gasteiger partial charge in [-0.25, -0.2) is 0 Å². The summed E-state index contributed by atoms with van der Waals surface area (Å²) in [6.07, 6.45) is 3.47. The Morgan fingerprint density at radius 3 is 2.90 bits per heavy atom. The number of nitrogens with two attached hydrogens (primary N) is 1. The third-order valence-electron chi connectivity index (χ3n) is 3.48. The molecule has 20 heavy (non-hydrogen) atoms. The number of nitriles is 1. The molecule has 3 N–H and O–H groups in total. The second kappa shape index (κ2) is 9.11. The van der Waals surface area contributed by atoms with Crippen LogP contribution in [0.25, 0.3) is 0 Å². The van der Waals surface area contributed by atoms with Gasteiger partial charge in [-0.3, -0.25) is 4.79 Å². The molecule has 0 aliphatic heterocycles. The van der Waals surface area contributed by atoms with Crippen molar-refractivity contribution < 1.29 is 4.79 Å². The monoisotopic (exact) mass is 273 g/mol. The van der Waals surface area contributed by atoms with Crippen LogP contribution in [-0.2, 0) is 11.3 Å². The van der Waals surface area contributed by atoms with Gasteiger partial charge in [0.05, 0.1) is 11.6 Å². The number of hydrogen-bond acceptors (Lipinski definition) is 3. The van der Waals surface area contributed by atoms with Crippen LogP contribution in [0.2, 0.25) is 0 Å². The third kappa shape index (κ3) is 5.85. The number of nitrogens with one attached hydrogen (secondary N) is 1. The average molecular weight is 273 g/mol. The van der Waals surface area contributed by atoms with Gasteiger partial charge < -0.3 is 11.1 Å². The molecule has 0 heterocycles. The Morgan fingerprint density at radius 1 is 1.45 bits per heavy atom. The van der Waals surface area contributed by atoms with Gasteiger partial charge >= 0.3 is 0 Å². The zero-order chi connectivity index (χ0) is 14.8. The van der Waals surface area contributed by atoms with Crippen molar-refractivity contribution in [2.24, 2.45) is 11.7 Å². The van der Waals surface area contributed by atoms with Gasteiger partial charge in [0.2, 0.25) is 5.91 Å². The summed E-state index contributed by atoms with van der Waals surface area (Å²) in [6, 6.07) is 9.38. The molecular weight excluding hydrogens is 250 g/mol. The lowest BCUT2D eigenvalue weighted by Gasteiger charge is -2.13. The summed E-state index contributed by atoms with van der Waals surface area (Å²) in [5.41, 5.74) is 7.11. The molecule has 0 saturated carbocycles. The summed E-state index contributed by atoms with van der Waals surface area (Å²) in [4.78, 5) is 11.8. The van der Waals surface area contributed by atoms with Crippen molar-refractivity contribution in [3.05, 3.63) is 35.4 Å². The fraction of sp³-hybridized carbons (Fsp3) is 0.500. The molecule has 1 unspecified atom stereocenters. The van der Waals surface area contributed by atoms with Crippen LogP contribution in [0.4, 0.5) is 0 Å². The molecule has 0 aliphatic rings. The molecule has 0 bridgehead atoms. The number of carbonyl (C=O) groups excluding carboxylic acids is 1. The van der Waals surface area contributed by atoms with Crippen LogP contribution in [0.5, 0.6) is 0 Å². The van der Waals surface area contributed by atoms with E-state index in [9.17, 15) is 4.79 Å². The second-order valence-electron chi connectivity index (χ2n) is 4.98. The maximum absolute atomic E-state index is 11.8. The predicted molar refractivity (Wildman–Crippen MR) is 79.7 cm³/mol. The van der Waals surface area contributed by atoms with Gasteiger partial charge in [0.1, 0.15) is 0 Å². The van der Waals surface area contributed by atoms with Crippen LogP contribution in [0.15, 0.2) is 24.3 Å². The largest absolute Gasteiger partial charge is 0.352 e.